The van der Waals surface area contributed by atoms with Gasteiger partial charge in [0.1, 0.15) is 13.3 Å². The SMILES string of the molecule is C[P+](C)=O.Cc1ccc(S(=O)(=O)O)cc1.O. The molecule has 16 heavy (non-hydrogen) atoms. The van der Waals surface area contributed by atoms with Crippen LogP contribution in [0, 0.1) is 6.92 Å². The predicted molar refractivity (Wildman–Crippen MR) is 64.1 cm³/mol. The van der Waals surface area contributed by atoms with Crippen LogP contribution in [0.15, 0.2) is 29.2 Å². The van der Waals surface area contributed by atoms with Gasteiger partial charge in [0, 0.05) is 0 Å². The monoisotopic (exact) mass is 267 g/mol. The van der Waals surface area contributed by atoms with E-state index in [4.69, 9.17) is 4.55 Å². The van der Waals surface area contributed by atoms with E-state index in [-0.39, 0.29) is 10.4 Å². The van der Waals surface area contributed by atoms with Crippen molar-refractivity contribution in [3.63, 3.8) is 0 Å². The van der Waals surface area contributed by atoms with E-state index in [1.807, 2.05) is 6.92 Å². The lowest BCUT2D eigenvalue weighted by molar-refractivity contribution is 0.483. The molecule has 7 heteroatoms. The second kappa shape index (κ2) is 7.46. The number of rotatable bonds is 1. The summed E-state index contributed by atoms with van der Waals surface area (Å²) in [7, 11) is -4.89. The molecule has 0 aromatic heterocycles. The molecular weight excluding hydrogens is 251 g/mol. The van der Waals surface area contributed by atoms with E-state index in [1.54, 1.807) is 25.5 Å². The Labute approximate surface area is 96.3 Å². The molecule has 0 radical (unpaired) electrons. The van der Waals surface area contributed by atoms with Gasteiger partial charge < -0.3 is 5.48 Å². The minimum absolute atomic E-state index is 0. The molecule has 1 rings (SSSR count). The van der Waals surface area contributed by atoms with Crippen molar-refractivity contribution in [3.05, 3.63) is 29.8 Å². The molecule has 0 aliphatic heterocycles. The van der Waals surface area contributed by atoms with Crippen LogP contribution in [0.25, 0.3) is 0 Å². The number of aryl methyl sites for hydroxylation is 1. The minimum Gasteiger partial charge on any atom is -0.412 e. The molecule has 0 aliphatic carbocycles. The lowest BCUT2D eigenvalue weighted by Gasteiger charge is -1.95. The lowest BCUT2D eigenvalue weighted by Crippen LogP contribution is -1.96. The summed E-state index contributed by atoms with van der Waals surface area (Å²) in [5, 5.41) is 0. The molecule has 3 N–H and O–H groups in total. The maximum Gasteiger partial charge on any atom is 0.332 e. The highest BCUT2D eigenvalue weighted by atomic mass is 32.2. The van der Waals surface area contributed by atoms with Gasteiger partial charge in [0.15, 0.2) is 0 Å². The van der Waals surface area contributed by atoms with E-state index in [0.717, 1.165) is 5.56 Å². The summed E-state index contributed by atoms with van der Waals surface area (Å²) >= 11 is 0. The summed E-state index contributed by atoms with van der Waals surface area (Å²) in [6.07, 6.45) is 0. The Kier molecular flexibility index (Phi) is 8.20. The van der Waals surface area contributed by atoms with E-state index < -0.39 is 17.9 Å². The van der Waals surface area contributed by atoms with Gasteiger partial charge in [0.25, 0.3) is 10.1 Å². The fraction of sp³-hybridized carbons (Fsp3) is 0.333. The third-order valence-corrected chi connectivity index (χ3v) is 2.19. The van der Waals surface area contributed by atoms with Crippen molar-refractivity contribution >= 4 is 17.9 Å². The van der Waals surface area contributed by atoms with Gasteiger partial charge in [-0.05, 0) is 19.1 Å². The van der Waals surface area contributed by atoms with Gasteiger partial charge in [0.2, 0.25) is 0 Å². The van der Waals surface area contributed by atoms with E-state index in [1.165, 1.54) is 12.1 Å². The molecule has 0 bridgehead atoms. The minimum atomic E-state index is -4.02. The van der Waals surface area contributed by atoms with Crippen LogP contribution < -0.4 is 0 Å². The van der Waals surface area contributed by atoms with Crippen molar-refractivity contribution in [2.45, 2.75) is 11.8 Å². The van der Waals surface area contributed by atoms with Crippen LogP contribution in [0.2, 0.25) is 0 Å². The van der Waals surface area contributed by atoms with E-state index in [2.05, 4.69) is 0 Å². The maximum atomic E-state index is 10.5. The summed E-state index contributed by atoms with van der Waals surface area (Å²) < 4.78 is 39.1. The van der Waals surface area contributed by atoms with Crippen molar-refractivity contribution in [2.75, 3.05) is 13.3 Å². The largest absolute Gasteiger partial charge is 0.412 e. The van der Waals surface area contributed by atoms with Gasteiger partial charge >= 0.3 is 7.80 Å². The first-order valence-electron chi connectivity index (χ1n) is 4.12. The molecule has 0 unspecified atom stereocenters. The van der Waals surface area contributed by atoms with Crippen LogP contribution in [0.3, 0.4) is 0 Å². The summed E-state index contributed by atoms with van der Waals surface area (Å²) in [5.74, 6) is 0. The van der Waals surface area contributed by atoms with Crippen LogP contribution in [-0.2, 0) is 14.7 Å². The smallest absolute Gasteiger partial charge is 0.332 e. The zero-order valence-corrected chi connectivity index (χ0v) is 11.0. The first-order chi connectivity index (χ1) is 6.73. The first kappa shape index (κ1) is 17.6. The molecule has 0 saturated heterocycles. The quantitative estimate of drug-likeness (QED) is 0.615. The summed E-state index contributed by atoms with van der Waals surface area (Å²) in [6.45, 7) is 5.19. The van der Waals surface area contributed by atoms with Gasteiger partial charge in [-0.15, -0.1) is 0 Å². The topological polar surface area (TPSA) is 103 Å². The van der Waals surface area contributed by atoms with Gasteiger partial charge in [-0.2, -0.15) is 8.42 Å². The summed E-state index contributed by atoms with van der Waals surface area (Å²) in [4.78, 5) is -0.0666. The van der Waals surface area contributed by atoms with Gasteiger partial charge in [-0.25, -0.2) is 0 Å². The summed E-state index contributed by atoms with van der Waals surface area (Å²) in [6, 6.07) is 5.99. The molecule has 1 aromatic carbocycles. The van der Waals surface area contributed by atoms with Crippen molar-refractivity contribution in [3.8, 4) is 0 Å². The van der Waals surface area contributed by atoms with Gasteiger partial charge in [-0.1, -0.05) is 22.3 Å². The predicted octanol–water partition coefficient (Wildman–Crippen LogP) is 1.49. The Morgan fingerprint density at radius 1 is 1.12 bits per heavy atom. The van der Waals surface area contributed by atoms with Crippen molar-refractivity contribution in [1.82, 2.24) is 0 Å². The standard InChI is InChI=1S/C7H8O3S.C2H6OP.H2O/c1-6-2-4-7(5-3-6)11(8,9)10;1-4(2)3;/h2-5H,1H3,(H,8,9,10);1-2H3;1H2/q;+1;. The lowest BCUT2D eigenvalue weighted by atomic mass is 10.2. The van der Waals surface area contributed by atoms with Crippen LogP contribution in [0.4, 0.5) is 0 Å². The second-order valence-corrected chi connectivity index (χ2v) is 6.15. The molecule has 0 atom stereocenters. The van der Waals surface area contributed by atoms with Crippen LogP contribution in [0.5, 0.6) is 0 Å². The second-order valence-electron chi connectivity index (χ2n) is 3.10. The number of hydrogen-bond donors (Lipinski definition) is 1. The van der Waals surface area contributed by atoms with Gasteiger partial charge in [0.05, 0.1) is 4.90 Å². The highest BCUT2D eigenvalue weighted by Crippen LogP contribution is 2.08. The fourth-order valence-corrected chi connectivity index (χ4v) is 1.19. The molecule has 92 valence electrons. The van der Waals surface area contributed by atoms with Crippen LogP contribution in [0.1, 0.15) is 5.56 Å². The van der Waals surface area contributed by atoms with Crippen LogP contribution >= 0.6 is 7.80 Å². The number of hydrogen-bond acceptors (Lipinski definition) is 3. The zero-order chi connectivity index (χ0) is 12.1. The molecule has 0 heterocycles. The normalized spacial score (nSPS) is 9.50. The third kappa shape index (κ3) is 8.49. The zero-order valence-electron chi connectivity index (χ0n) is 9.34. The third-order valence-electron chi connectivity index (χ3n) is 1.32. The molecule has 0 amide bonds. The molecule has 0 spiro atoms. The van der Waals surface area contributed by atoms with Crippen LogP contribution in [-0.4, -0.2) is 31.8 Å². The highest BCUT2D eigenvalue weighted by Gasteiger charge is 2.06. The summed E-state index contributed by atoms with van der Waals surface area (Å²) in [5.41, 5.74) is 0.956. The molecule has 5 nitrogen and oxygen atoms in total. The first-order valence-corrected chi connectivity index (χ1v) is 7.71. The van der Waals surface area contributed by atoms with E-state index in [9.17, 15) is 13.0 Å². The van der Waals surface area contributed by atoms with Crippen molar-refractivity contribution < 1.29 is 23.0 Å². The molecule has 0 saturated carbocycles. The molecule has 1 aromatic rings. The van der Waals surface area contributed by atoms with Crippen molar-refractivity contribution in [2.24, 2.45) is 0 Å². The Hall–Kier alpha value is -0.810. The maximum absolute atomic E-state index is 10.5. The average molecular weight is 267 g/mol. The number of benzene rings is 1. The van der Waals surface area contributed by atoms with E-state index in [0.29, 0.717) is 0 Å². The Morgan fingerprint density at radius 2 is 1.44 bits per heavy atom. The Bertz CT molecular complexity index is 420. The Morgan fingerprint density at radius 3 is 1.69 bits per heavy atom. The average Bonchev–Trinajstić information content (AvgIpc) is 2.01. The van der Waals surface area contributed by atoms with Crippen molar-refractivity contribution in [1.29, 1.82) is 0 Å². The highest BCUT2D eigenvalue weighted by molar-refractivity contribution is 7.85. The molecular formula is C9H16O5PS+. The van der Waals surface area contributed by atoms with E-state index >= 15 is 0 Å². The molecule has 0 fully saturated rings. The molecule has 0 aliphatic rings. The van der Waals surface area contributed by atoms with Gasteiger partial charge in [-0.3, -0.25) is 4.55 Å². The Balaban J connectivity index is 0. The fourth-order valence-electron chi connectivity index (χ4n) is 0.710.